The second kappa shape index (κ2) is 5.35. The lowest BCUT2D eigenvalue weighted by atomic mass is 10.00. The number of imidazole rings is 1. The fraction of sp³-hybridized carbons (Fsp3) is 0.412. The quantitative estimate of drug-likeness (QED) is 0.940. The second-order valence-electron chi connectivity index (χ2n) is 6.05. The van der Waals surface area contributed by atoms with Crippen LogP contribution in [0.3, 0.4) is 0 Å². The maximum Gasteiger partial charge on any atom is 0.308 e. The molecule has 2 heterocycles. The van der Waals surface area contributed by atoms with Crippen LogP contribution in [0.5, 0.6) is 0 Å². The predicted octanol–water partition coefficient (Wildman–Crippen LogP) is 3.32. The molecule has 0 bridgehead atoms. The van der Waals surface area contributed by atoms with Gasteiger partial charge in [-0.1, -0.05) is 38.1 Å². The van der Waals surface area contributed by atoms with Gasteiger partial charge in [0.25, 0.3) is 0 Å². The molecule has 0 saturated carbocycles. The Hall–Kier alpha value is -2.10. The van der Waals surface area contributed by atoms with Gasteiger partial charge >= 0.3 is 5.97 Å². The number of hydrogen-bond donors (Lipinski definition) is 1. The molecule has 2 aromatic rings. The third-order valence-corrected chi connectivity index (χ3v) is 4.22. The zero-order valence-corrected chi connectivity index (χ0v) is 12.4. The Morgan fingerprint density at radius 1 is 1.33 bits per heavy atom. The minimum atomic E-state index is -0.711. The first kappa shape index (κ1) is 13.9. The predicted molar refractivity (Wildman–Crippen MR) is 81.2 cm³/mol. The number of benzene rings is 1. The average molecular weight is 284 g/mol. The van der Waals surface area contributed by atoms with Gasteiger partial charge in [-0.25, -0.2) is 4.98 Å². The van der Waals surface area contributed by atoms with Crippen LogP contribution in [0.4, 0.5) is 0 Å². The van der Waals surface area contributed by atoms with Gasteiger partial charge in [0, 0.05) is 24.7 Å². The van der Waals surface area contributed by atoms with E-state index in [-0.39, 0.29) is 5.92 Å². The maximum atomic E-state index is 11.1. The van der Waals surface area contributed by atoms with Crippen molar-refractivity contribution in [2.75, 3.05) is 0 Å². The highest BCUT2D eigenvalue weighted by atomic mass is 16.4. The molecule has 0 radical (unpaired) electrons. The van der Waals surface area contributed by atoms with E-state index in [1.165, 1.54) is 5.56 Å². The smallest absolute Gasteiger partial charge is 0.308 e. The number of rotatable bonds is 3. The third kappa shape index (κ3) is 2.71. The number of aliphatic carboxylic acids is 1. The van der Waals surface area contributed by atoms with Gasteiger partial charge in [0.05, 0.1) is 11.6 Å². The largest absolute Gasteiger partial charge is 0.481 e. The molecule has 0 amide bonds. The number of carboxylic acids is 1. The summed E-state index contributed by atoms with van der Waals surface area (Å²) in [5.74, 6) is 0.515. The standard InChI is InChI=1S/C17H20N2O2/c1-11(2)12-3-5-13(6-4-12)15-10-19-9-14(17(20)21)7-8-16(19)18-15/h3-6,10-11,14H,7-9H2,1-2H3,(H,20,21). The van der Waals surface area contributed by atoms with Crippen molar-refractivity contribution >= 4 is 5.97 Å². The topological polar surface area (TPSA) is 55.1 Å². The number of carbonyl (C=O) groups is 1. The number of carboxylic acid groups (broad SMARTS) is 1. The highest BCUT2D eigenvalue weighted by Gasteiger charge is 2.25. The van der Waals surface area contributed by atoms with E-state index in [9.17, 15) is 4.79 Å². The van der Waals surface area contributed by atoms with Gasteiger partial charge < -0.3 is 9.67 Å². The van der Waals surface area contributed by atoms with Crippen LogP contribution in [0.1, 0.15) is 37.6 Å². The summed E-state index contributed by atoms with van der Waals surface area (Å²) in [5, 5.41) is 9.14. The Morgan fingerprint density at radius 3 is 2.67 bits per heavy atom. The van der Waals surface area contributed by atoms with Crippen molar-refractivity contribution in [3.05, 3.63) is 41.9 Å². The van der Waals surface area contributed by atoms with E-state index in [1.807, 2.05) is 10.8 Å². The molecule has 3 rings (SSSR count). The highest BCUT2D eigenvalue weighted by Crippen LogP contribution is 2.26. The van der Waals surface area contributed by atoms with Crippen LogP contribution >= 0.6 is 0 Å². The zero-order valence-electron chi connectivity index (χ0n) is 12.4. The van der Waals surface area contributed by atoms with E-state index < -0.39 is 5.97 Å². The first-order valence-electron chi connectivity index (χ1n) is 7.44. The molecule has 1 aromatic heterocycles. The molecule has 1 atom stereocenters. The van der Waals surface area contributed by atoms with Crippen molar-refractivity contribution in [1.82, 2.24) is 9.55 Å². The molecule has 4 heteroatoms. The molecule has 1 aromatic carbocycles. The van der Waals surface area contributed by atoms with Crippen molar-refractivity contribution in [2.45, 2.75) is 39.2 Å². The number of hydrogen-bond acceptors (Lipinski definition) is 2. The SMILES string of the molecule is CC(C)c1ccc(-c2cn3c(n2)CCC(C(=O)O)C3)cc1. The van der Waals surface area contributed by atoms with E-state index in [0.717, 1.165) is 23.5 Å². The second-order valence-corrected chi connectivity index (χ2v) is 6.05. The van der Waals surface area contributed by atoms with Crippen molar-refractivity contribution < 1.29 is 9.90 Å². The van der Waals surface area contributed by atoms with Gasteiger partial charge in [-0.15, -0.1) is 0 Å². The van der Waals surface area contributed by atoms with E-state index in [2.05, 4.69) is 43.1 Å². The summed E-state index contributed by atoms with van der Waals surface area (Å²) in [4.78, 5) is 15.8. The van der Waals surface area contributed by atoms with Crippen LogP contribution in [-0.2, 0) is 17.8 Å². The van der Waals surface area contributed by atoms with E-state index >= 15 is 0 Å². The summed E-state index contributed by atoms with van der Waals surface area (Å²) in [6, 6.07) is 8.47. The normalized spacial score (nSPS) is 17.8. The molecular weight excluding hydrogens is 264 g/mol. The molecule has 21 heavy (non-hydrogen) atoms. The summed E-state index contributed by atoms with van der Waals surface area (Å²) in [6.07, 6.45) is 3.40. The van der Waals surface area contributed by atoms with Gasteiger partial charge in [-0.05, 0) is 17.9 Å². The molecule has 0 fully saturated rings. The van der Waals surface area contributed by atoms with Crippen LogP contribution in [0, 0.1) is 5.92 Å². The van der Waals surface area contributed by atoms with Crippen LogP contribution in [0.2, 0.25) is 0 Å². The summed E-state index contributed by atoms with van der Waals surface area (Å²) < 4.78 is 1.99. The maximum absolute atomic E-state index is 11.1. The lowest BCUT2D eigenvalue weighted by Gasteiger charge is -2.19. The summed E-state index contributed by atoms with van der Waals surface area (Å²) in [7, 11) is 0. The van der Waals surface area contributed by atoms with Crippen LogP contribution in [-0.4, -0.2) is 20.6 Å². The molecule has 110 valence electrons. The van der Waals surface area contributed by atoms with Gasteiger partial charge in [0.2, 0.25) is 0 Å². The van der Waals surface area contributed by atoms with Crippen LogP contribution < -0.4 is 0 Å². The van der Waals surface area contributed by atoms with E-state index in [0.29, 0.717) is 18.9 Å². The first-order valence-corrected chi connectivity index (χ1v) is 7.44. The summed E-state index contributed by atoms with van der Waals surface area (Å²) in [5.41, 5.74) is 3.34. The monoisotopic (exact) mass is 284 g/mol. The Kier molecular flexibility index (Phi) is 3.53. The lowest BCUT2D eigenvalue weighted by Crippen LogP contribution is -2.26. The van der Waals surface area contributed by atoms with E-state index in [1.54, 1.807) is 0 Å². The molecule has 1 N–H and O–H groups in total. The Morgan fingerprint density at radius 2 is 2.05 bits per heavy atom. The fourth-order valence-electron chi connectivity index (χ4n) is 2.82. The molecule has 4 nitrogen and oxygen atoms in total. The van der Waals surface area contributed by atoms with Gasteiger partial charge in [0.15, 0.2) is 0 Å². The molecule has 0 spiro atoms. The number of fused-ring (bicyclic) bond motifs is 1. The Labute approximate surface area is 124 Å². The summed E-state index contributed by atoms with van der Waals surface area (Å²) >= 11 is 0. The van der Waals surface area contributed by atoms with Crippen molar-refractivity contribution in [2.24, 2.45) is 5.92 Å². The van der Waals surface area contributed by atoms with Crippen molar-refractivity contribution in [1.29, 1.82) is 0 Å². The van der Waals surface area contributed by atoms with Crippen molar-refractivity contribution in [3.63, 3.8) is 0 Å². The average Bonchev–Trinajstić information content (AvgIpc) is 2.90. The van der Waals surface area contributed by atoms with Gasteiger partial charge in [-0.3, -0.25) is 4.79 Å². The van der Waals surface area contributed by atoms with Crippen LogP contribution in [0.15, 0.2) is 30.5 Å². The first-order chi connectivity index (χ1) is 10.0. The Balaban J connectivity index is 1.86. The number of aromatic nitrogens is 2. The minimum absolute atomic E-state index is 0.289. The zero-order chi connectivity index (χ0) is 15.0. The van der Waals surface area contributed by atoms with Crippen LogP contribution in [0.25, 0.3) is 11.3 Å². The highest BCUT2D eigenvalue weighted by molar-refractivity contribution is 5.70. The molecule has 1 aliphatic rings. The number of aryl methyl sites for hydroxylation is 1. The van der Waals surface area contributed by atoms with E-state index in [4.69, 9.17) is 5.11 Å². The lowest BCUT2D eigenvalue weighted by molar-refractivity contribution is -0.142. The molecule has 0 saturated heterocycles. The molecule has 0 aliphatic carbocycles. The van der Waals surface area contributed by atoms with Gasteiger partial charge in [-0.2, -0.15) is 0 Å². The molecular formula is C17H20N2O2. The summed E-state index contributed by atoms with van der Waals surface area (Å²) in [6.45, 7) is 4.88. The minimum Gasteiger partial charge on any atom is -0.481 e. The Bertz CT molecular complexity index is 656. The fourth-order valence-corrected chi connectivity index (χ4v) is 2.82. The molecule has 1 unspecified atom stereocenters. The number of nitrogens with zero attached hydrogens (tertiary/aromatic N) is 2. The molecule has 1 aliphatic heterocycles. The van der Waals surface area contributed by atoms with Crippen molar-refractivity contribution in [3.8, 4) is 11.3 Å². The van der Waals surface area contributed by atoms with Gasteiger partial charge in [0.1, 0.15) is 5.82 Å². The third-order valence-electron chi connectivity index (χ3n) is 4.22.